The van der Waals surface area contributed by atoms with Crippen molar-refractivity contribution in [2.45, 2.75) is 17.6 Å². The molecule has 0 aliphatic carbocycles. The summed E-state index contributed by atoms with van der Waals surface area (Å²) < 4.78 is 5.28. The maximum atomic E-state index is 11.7. The topological polar surface area (TPSA) is 54.8 Å². The summed E-state index contributed by atoms with van der Waals surface area (Å²) in [7, 11) is 1.65. The Morgan fingerprint density at radius 3 is 2.57 bits per heavy atom. The fraction of sp³-hybridized carbons (Fsp3) is 0.136. The Bertz CT molecular complexity index is 990. The number of hydrogen-bond acceptors (Lipinski definition) is 6. The van der Waals surface area contributed by atoms with Gasteiger partial charge in [0.1, 0.15) is 23.1 Å². The molecular weight excluding hydrogens is 370 g/mol. The minimum Gasteiger partial charge on any atom is -0.497 e. The third kappa shape index (κ3) is 3.77. The van der Waals surface area contributed by atoms with Crippen LogP contribution in [0.2, 0.25) is 0 Å². The lowest BCUT2D eigenvalue weighted by Gasteiger charge is -2.29. The van der Waals surface area contributed by atoms with Gasteiger partial charge in [0.2, 0.25) is 0 Å². The van der Waals surface area contributed by atoms with E-state index in [9.17, 15) is 4.79 Å². The van der Waals surface area contributed by atoms with Gasteiger partial charge in [0.05, 0.1) is 13.7 Å². The molecule has 0 fully saturated rings. The molecular formula is C22H19N3O2S. The van der Waals surface area contributed by atoms with Gasteiger partial charge in [0.25, 0.3) is 0 Å². The van der Waals surface area contributed by atoms with E-state index in [1.54, 1.807) is 13.3 Å². The summed E-state index contributed by atoms with van der Waals surface area (Å²) in [5, 5.41) is 1.56. The van der Waals surface area contributed by atoms with Gasteiger partial charge >= 0.3 is 0 Å². The van der Waals surface area contributed by atoms with Crippen molar-refractivity contribution in [2.24, 2.45) is 4.99 Å². The van der Waals surface area contributed by atoms with Gasteiger partial charge in [0, 0.05) is 17.4 Å². The number of aldehydes is 1. The van der Waals surface area contributed by atoms with Crippen molar-refractivity contribution in [1.29, 1.82) is 0 Å². The van der Waals surface area contributed by atoms with E-state index in [2.05, 4.69) is 22.0 Å². The summed E-state index contributed by atoms with van der Waals surface area (Å²) >= 11 is 1.48. The van der Waals surface area contributed by atoms with E-state index in [-0.39, 0.29) is 0 Å². The molecule has 1 aliphatic rings. The van der Waals surface area contributed by atoms with Crippen molar-refractivity contribution in [2.75, 3.05) is 12.0 Å². The summed E-state index contributed by atoms with van der Waals surface area (Å²) in [6.07, 6.45) is 2.61. The Balaban J connectivity index is 1.74. The first-order chi connectivity index (χ1) is 13.8. The van der Waals surface area contributed by atoms with Crippen LogP contribution in [0.1, 0.15) is 17.2 Å². The summed E-state index contributed by atoms with van der Waals surface area (Å²) in [6.45, 7) is 0.632. The smallest absolute Gasteiger partial charge is 0.171 e. The summed E-state index contributed by atoms with van der Waals surface area (Å²) in [5.74, 6) is 0.791. The summed E-state index contributed by atoms with van der Waals surface area (Å²) in [4.78, 5) is 23.0. The van der Waals surface area contributed by atoms with Crippen LogP contribution < -0.4 is 9.64 Å². The fourth-order valence-electron chi connectivity index (χ4n) is 3.04. The number of anilines is 1. The average Bonchev–Trinajstić information content (AvgIpc) is 2.77. The second kappa shape index (κ2) is 8.27. The number of aliphatic imine (C=N–C) groups is 1. The molecule has 0 N–H and O–H groups in total. The van der Waals surface area contributed by atoms with Crippen LogP contribution in [0.15, 0.2) is 82.9 Å². The predicted octanol–water partition coefficient (Wildman–Crippen LogP) is 4.50. The van der Waals surface area contributed by atoms with E-state index in [1.165, 1.54) is 11.8 Å². The molecule has 0 bridgehead atoms. The Labute approximate surface area is 168 Å². The number of benzene rings is 2. The van der Waals surface area contributed by atoms with E-state index >= 15 is 0 Å². The van der Waals surface area contributed by atoms with E-state index < -0.39 is 6.04 Å². The third-order valence-corrected chi connectivity index (χ3v) is 5.53. The van der Waals surface area contributed by atoms with Gasteiger partial charge in [-0.2, -0.15) is 0 Å². The normalized spacial score (nSPS) is 15.3. The van der Waals surface area contributed by atoms with Crippen molar-refractivity contribution in [3.8, 4) is 5.75 Å². The van der Waals surface area contributed by atoms with Crippen molar-refractivity contribution in [3.63, 3.8) is 0 Å². The lowest BCUT2D eigenvalue weighted by molar-refractivity contribution is -0.109. The molecule has 2 aromatic carbocycles. The van der Waals surface area contributed by atoms with Crippen LogP contribution in [0.4, 0.5) is 5.69 Å². The Morgan fingerprint density at radius 1 is 1.07 bits per heavy atom. The molecule has 3 aromatic rings. The van der Waals surface area contributed by atoms with Crippen molar-refractivity contribution >= 4 is 28.9 Å². The zero-order chi connectivity index (χ0) is 19.3. The molecule has 1 atom stereocenters. The fourth-order valence-corrected chi connectivity index (χ4v) is 4.08. The number of fused-ring (bicyclic) bond motifs is 1. The van der Waals surface area contributed by atoms with Gasteiger partial charge in [-0.05, 0) is 47.7 Å². The molecule has 1 unspecified atom stereocenters. The molecule has 0 radical (unpaired) electrons. The molecule has 1 aliphatic heterocycles. The van der Waals surface area contributed by atoms with E-state index in [4.69, 9.17) is 9.73 Å². The monoisotopic (exact) mass is 389 g/mol. The molecule has 1 aromatic heterocycles. The van der Waals surface area contributed by atoms with Crippen LogP contribution in [-0.2, 0) is 11.3 Å². The van der Waals surface area contributed by atoms with Crippen LogP contribution in [0, 0.1) is 0 Å². The maximum absolute atomic E-state index is 11.7. The van der Waals surface area contributed by atoms with Gasteiger partial charge in [-0.3, -0.25) is 0 Å². The molecule has 2 heterocycles. The number of carbonyl (C=O) groups excluding carboxylic acids is 1. The predicted molar refractivity (Wildman–Crippen MR) is 112 cm³/mol. The first kappa shape index (κ1) is 18.3. The number of pyridine rings is 1. The first-order valence-corrected chi connectivity index (χ1v) is 9.71. The Kier molecular flexibility index (Phi) is 5.39. The number of amidine groups is 1. The number of rotatable bonds is 5. The number of methoxy groups -OCH3 is 1. The van der Waals surface area contributed by atoms with Crippen LogP contribution in [-0.4, -0.2) is 23.5 Å². The molecule has 0 amide bonds. The standard InChI is InChI=1S/C22H19N3O2S/c1-27-18-11-9-17(10-12-18)25(14-16-6-3-2-4-7-16)22-24-20(15-26)19-8-5-13-23-21(19)28-22/h2-13,15,20H,14H2,1H3. The first-order valence-electron chi connectivity index (χ1n) is 8.90. The van der Waals surface area contributed by atoms with Gasteiger partial charge in [-0.25, -0.2) is 9.98 Å². The number of hydrogen-bond donors (Lipinski definition) is 0. The highest BCUT2D eigenvalue weighted by atomic mass is 32.2. The van der Waals surface area contributed by atoms with Crippen LogP contribution in [0.3, 0.4) is 0 Å². The highest BCUT2D eigenvalue weighted by Gasteiger charge is 2.27. The Morgan fingerprint density at radius 2 is 1.86 bits per heavy atom. The molecule has 6 heteroatoms. The second-order valence-corrected chi connectivity index (χ2v) is 7.22. The van der Waals surface area contributed by atoms with Gasteiger partial charge in [-0.15, -0.1) is 0 Å². The minimum absolute atomic E-state index is 0.545. The maximum Gasteiger partial charge on any atom is 0.171 e. The van der Waals surface area contributed by atoms with Crippen LogP contribution in [0.25, 0.3) is 0 Å². The lowest BCUT2D eigenvalue weighted by Crippen LogP contribution is -2.30. The van der Waals surface area contributed by atoms with Crippen LogP contribution in [0.5, 0.6) is 5.75 Å². The van der Waals surface area contributed by atoms with E-state index in [0.29, 0.717) is 6.54 Å². The van der Waals surface area contributed by atoms with Crippen LogP contribution >= 0.6 is 11.8 Å². The minimum atomic E-state index is -0.545. The molecule has 140 valence electrons. The Hall–Kier alpha value is -3.12. The summed E-state index contributed by atoms with van der Waals surface area (Å²) in [6, 6.07) is 21.2. The van der Waals surface area contributed by atoms with Crippen molar-refractivity contribution < 1.29 is 9.53 Å². The molecule has 0 saturated heterocycles. The number of nitrogens with zero attached hydrogens (tertiary/aromatic N) is 3. The lowest BCUT2D eigenvalue weighted by atomic mass is 10.1. The number of ether oxygens (including phenoxy) is 1. The third-order valence-electron chi connectivity index (χ3n) is 4.48. The zero-order valence-corrected chi connectivity index (χ0v) is 16.2. The SMILES string of the molecule is COc1ccc(N(Cc2ccccc2)C2=NC(C=O)c3cccnc3S2)cc1. The number of aromatic nitrogens is 1. The van der Waals surface area contributed by atoms with Gasteiger partial charge in [0.15, 0.2) is 5.17 Å². The van der Waals surface area contributed by atoms with E-state index in [1.807, 2.05) is 54.6 Å². The quantitative estimate of drug-likeness (QED) is 0.602. The number of carbonyl (C=O) groups is 1. The highest BCUT2D eigenvalue weighted by molar-refractivity contribution is 8.14. The second-order valence-electron chi connectivity index (χ2n) is 6.26. The van der Waals surface area contributed by atoms with Gasteiger partial charge < -0.3 is 14.4 Å². The molecule has 0 saturated carbocycles. The highest BCUT2D eigenvalue weighted by Crippen LogP contribution is 2.36. The summed E-state index contributed by atoms with van der Waals surface area (Å²) in [5.41, 5.74) is 2.97. The molecule has 4 rings (SSSR count). The van der Waals surface area contributed by atoms with Gasteiger partial charge in [-0.1, -0.05) is 36.4 Å². The largest absolute Gasteiger partial charge is 0.497 e. The number of thioether (sulfide) groups is 1. The molecule has 28 heavy (non-hydrogen) atoms. The van der Waals surface area contributed by atoms with Crippen molar-refractivity contribution in [1.82, 2.24) is 4.98 Å². The molecule has 5 nitrogen and oxygen atoms in total. The average molecular weight is 389 g/mol. The van der Waals surface area contributed by atoms with E-state index in [0.717, 1.165) is 39.0 Å². The van der Waals surface area contributed by atoms with Crippen molar-refractivity contribution in [3.05, 3.63) is 84.1 Å². The zero-order valence-electron chi connectivity index (χ0n) is 15.4. The molecule has 0 spiro atoms.